The van der Waals surface area contributed by atoms with E-state index in [1.165, 1.54) is 11.1 Å². The van der Waals surface area contributed by atoms with Gasteiger partial charge in [0, 0.05) is 11.9 Å². The van der Waals surface area contributed by atoms with Gasteiger partial charge in [-0.15, -0.1) is 0 Å². The van der Waals surface area contributed by atoms with Gasteiger partial charge in [-0.1, -0.05) is 18.2 Å². The first-order valence-corrected chi connectivity index (χ1v) is 12.4. The molecule has 3 heterocycles. The maximum absolute atomic E-state index is 14.0. The summed E-state index contributed by atoms with van der Waals surface area (Å²) in [5.74, 6) is -0.272. The number of hydroxylamine groups is 2. The molecule has 0 unspecified atom stereocenters. The molecular formula is C24H26N2O6S. The Morgan fingerprint density at radius 2 is 1.91 bits per heavy atom. The summed E-state index contributed by atoms with van der Waals surface area (Å²) in [6.07, 6.45) is 1.81. The van der Waals surface area contributed by atoms with E-state index in [-0.39, 0.29) is 10.9 Å². The molecule has 1 saturated heterocycles. The second-order valence-electron chi connectivity index (χ2n) is 8.27. The minimum absolute atomic E-state index is 0.182. The molecule has 174 valence electrons. The fourth-order valence-corrected chi connectivity index (χ4v) is 6.65. The Morgan fingerprint density at radius 1 is 1.12 bits per heavy atom. The largest absolute Gasteiger partial charge is 0.497 e. The van der Waals surface area contributed by atoms with E-state index >= 15 is 0 Å². The average Bonchev–Trinajstić information content (AvgIpc) is 3.02. The molecule has 0 amide bonds. The van der Waals surface area contributed by atoms with Crippen LogP contribution in [0.2, 0.25) is 0 Å². The van der Waals surface area contributed by atoms with E-state index in [1.54, 1.807) is 54.6 Å². The molecule has 2 aliphatic heterocycles. The van der Waals surface area contributed by atoms with Crippen molar-refractivity contribution in [2.45, 2.75) is 30.2 Å². The summed E-state index contributed by atoms with van der Waals surface area (Å²) in [7, 11) is -1.01. The third kappa shape index (κ3) is 3.51. The van der Waals surface area contributed by atoms with Gasteiger partial charge >= 0.3 is 5.97 Å². The van der Waals surface area contributed by atoms with Crippen LogP contribution in [0.5, 0.6) is 5.75 Å². The number of nitrogens with zero attached hydrogens (tertiary/aromatic N) is 2. The lowest BCUT2D eigenvalue weighted by molar-refractivity contribution is -0.197. The number of carbonyl (C=O) groups is 1. The Balaban J connectivity index is 1.84. The molecule has 0 N–H and O–H groups in total. The highest BCUT2D eigenvalue weighted by molar-refractivity contribution is 7.90. The van der Waals surface area contributed by atoms with Gasteiger partial charge in [-0.2, -0.15) is 5.06 Å². The molecule has 0 bridgehead atoms. The molecule has 9 heteroatoms. The summed E-state index contributed by atoms with van der Waals surface area (Å²) < 4.78 is 40.0. The van der Waals surface area contributed by atoms with E-state index in [4.69, 9.17) is 14.3 Å². The van der Waals surface area contributed by atoms with Crippen LogP contribution in [0, 0.1) is 5.92 Å². The fourth-order valence-electron chi connectivity index (χ4n) is 5.04. The lowest BCUT2D eigenvalue weighted by atomic mass is 9.87. The lowest BCUT2D eigenvalue weighted by Gasteiger charge is -2.37. The Kier molecular flexibility index (Phi) is 5.64. The van der Waals surface area contributed by atoms with E-state index in [0.717, 1.165) is 10.9 Å². The van der Waals surface area contributed by atoms with Crippen molar-refractivity contribution in [3.63, 3.8) is 0 Å². The maximum atomic E-state index is 14.0. The molecule has 0 saturated carbocycles. The zero-order chi connectivity index (χ0) is 23.2. The highest BCUT2D eigenvalue weighted by Gasteiger charge is 2.45. The molecule has 1 fully saturated rings. The number of rotatable bonds is 4. The van der Waals surface area contributed by atoms with Crippen LogP contribution in [0.25, 0.3) is 10.9 Å². The van der Waals surface area contributed by atoms with Crippen LogP contribution in [-0.2, 0) is 30.8 Å². The van der Waals surface area contributed by atoms with Crippen LogP contribution in [0.15, 0.2) is 53.4 Å². The number of fused-ring (bicyclic) bond motifs is 5. The molecule has 1 aromatic heterocycles. The summed E-state index contributed by atoms with van der Waals surface area (Å²) in [6.45, 7) is 1.02. The summed E-state index contributed by atoms with van der Waals surface area (Å²) >= 11 is 0. The number of carbonyl (C=O) groups excluding carboxylic acids is 1. The second kappa shape index (κ2) is 8.48. The van der Waals surface area contributed by atoms with E-state index in [1.807, 2.05) is 6.07 Å². The minimum atomic E-state index is -3.96. The monoisotopic (exact) mass is 470 g/mol. The third-order valence-corrected chi connectivity index (χ3v) is 8.27. The van der Waals surface area contributed by atoms with Crippen LogP contribution in [-0.4, -0.2) is 50.8 Å². The molecule has 3 aromatic rings. The SMILES string of the molecule is COC(=O)[C@@H]1CCCON2CCc3c(n(S(=O)(=O)c4ccccc4)c4ccc(OC)cc34)[C@H]12. The molecule has 2 aromatic carbocycles. The van der Waals surface area contributed by atoms with E-state index in [0.29, 0.717) is 49.4 Å². The smallest absolute Gasteiger partial charge is 0.310 e. The Bertz CT molecular complexity index is 1300. The summed E-state index contributed by atoms with van der Waals surface area (Å²) in [5, 5.41) is 2.57. The summed E-state index contributed by atoms with van der Waals surface area (Å²) in [6, 6.07) is 13.1. The topological polar surface area (TPSA) is 87.1 Å². The van der Waals surface area contributed by atoms with Crippen molar-refractivity contribution in [2.75, 3.05) is 27.4 Å². The molecule has 8 nitrogen and oxygen atoms in total. The highest BCUT2D eigenvalue weighted by Crippen LogP contribution is 2.45. The van der Waals surface area contributed by atoms with Gasteiger partial charge in [-0.25, -0.2) is 12.4 Å². The van der Waals surface area contributed by atoms with Crippen molar-refractivity contribution in [3.05, 3.63) is 59.8 Å². The molecule has 0 spiro atoms. The minimum Gasteiger partial charge on any atom is -0.497 e. The fraction of sp³-hybridized carbons (Fsp3) is 0.375. The summed E-state index contributed by atoms with van der Waals surface area (Å²) in [4.78, 5) is 19.0. The average molecular weight is 471 g/mol. The van der Waals surface area contributed by atoms with Gasteiger partial charge in [0.2, 0.25) is 0 Å². The van der Waals surface area contributed by atoms with Gasteiger partial charge in [0.05, 0.1) is 48.9 Å². The van der Waals surface area contributed by atoms with Crippen molar-refractivity contribution in [2.24, 2.45) is 5.92 Å². The van der Waals surface area contributed by atoms with E-state index in [2.05, 4.69) is 0 Å². The lowest BCUT2D eigenvalue weighted by Crippen LogP contribution is -2.42. The summed E-state index contributed by atoms with van der Waals surface area (Å²) in [5.41, 5.74) is 2.01. The second-order valence-corrected chi connectivity index (χ2v) is 10.1. The van der Waals surface area contributed by atoms with Gasteiger partial charge in [-0.05, 0) is 55.2 Å². The number of aromatic nitrogens is 1. The third-order valence-electron chi connectivity index (χ3n) is 6.53. The van der Waals surface area contributed by atoms with Crippen molar-refractivity contribution in [1.82, 2.24) is 9.04 Å². The maximum Gasteiger partial charge on any atom is 0.310 e. The predicted molar refractivity (Wildman–Crippen MR) is 121 cm³/mol. The number of methoxy groups -OCH3 is 2. The first-order valence-electron chi connectivity index (χ1n) is 11.0. The van der Waals surface area contributed by atoms with Crippen LogP contribution in [0.4, 0.5) is 0 Å². The number of benzene rings is 2. The van der Waals surface area contributed by atoms with Gasteiger partial charge < -0.3 is 9.47 Å². The van der Waals surface area contributed by atoms with Crippen LogP contribution in [0.1, 0.15) is 30.1 Å². The number of hydrogen-bond acceptors (Lipinski definition) is 7. The Hall–Kier alpha value is -2.88. The van der Waals surface area contributed by atoms with Gasteiger partial charge in [0.25, 0.3) is 10.0 Å². The van der Waals surface area contributed by atoms with Crippen molar-refractivity contribution in [3.8, 4) is 5.75 Å². The Morgan fingerprint density at radius 3 is 2.64 bits per heavy atom. The van der Waals surface area contributed by atoms with Gasteiger partial charge in [0.1, 0.15) is 5.75 Å². The number of esters is 1. The van der Waals surface area contributed by atoms with Crippen molar-refractivity contribution in [1.29, 1.82) is 0 Å². The predicted octanol–water partition coefficient (Wildman–Crippen LogP) is 3.30. The first-order chi connectivity index (χ1) is 16.0. The van der Waals surface area contributed by atoms with Crippen LogP contribution in [0.3, 0.4) is 0 Å². The number of ether oxygens (including phenoxy) is 2. The van der Waals surface area contributed by atoms with Crippen molar-refractivity contribution < 1.29 is 27.5 Å². The standard InChI is InChI=1S/C24H26N2O6S/c1-30-16-10-11-21-20(15-16)18-12-13-25-22(19(24(27)31-2)9-6-14-32-25)23(18)26(21)33(28,29)17-7-4-3-5-8-17/h3-5,7-8,10-11,15,19,22H,6,9,12-14H2,1-2H3/t19-,22+/m1/s1. The quantitative estimate of drug-likeness (QED) is 0.541. The van der Waals surface area contributed by atoms with Gasteiger partial charge in [-0.3, -0.25) is 9.63 Å². The highest BCUT2D eigenvalue weighted by atomic mass is 32.2. The van der Waals surface area contributed by atoms with Crippen LogP contribution >= 0.6 is 0 Å². The molecule has 0 radical (unpaired) electrons. The molecule has 0 aliphatic carbocycles. The molecule has 2 aliphatic rings. The zero-order valence-electron chi connectivity index (χ0n) is 18.6. The molecule has 33 heavy (non-hydrogen) atoms. The van der Waals surface area contributed by atoms with E-state index in [9.17, 15) is 13.2 Å². The molecule has 2 atom stereocenters. The Labute approximate surface area is 192 Å². The van der Waals surface area contributed by atoms with Crippen LogP contribution < -0.4 is 4.74 Å². The number of hydrogen-bond donors (Lipinski definition) is 0. The van der Waals surface area contributed by atoms with Crippen molar-refractivity contribution >= 4 is 26.9 Å². The van der Waals surface area contributed by atoms with Gasteiger partial charge in [0.15, 0.2) is 0 Å². The van der Waals surface area contributed by atoms with E-state index < -0.39 is 22.0 Å². The normalized spacial score (nSPS) is 21.2. The first kappa shape index (κ1) is 21.9. The molecular weight excluding hydrogens is 444 g/mol. The zero-order valence-corrected chi connectivity index (χ0v) is 19.4. The molecule has 5 rings (SSSR count).